The van der Waals surface area contributed by atoms with Crippen molar-refractivity contribution in [2.75, 3.05) is 18.9 Å². The van der Waals surface area contributed by atoms with Gasteiger partial charge in [-0.3, -0.25) is 4.79 Å². The molecule has 1 rings (SSSR count). The highest BCUT2D eigenvalue weighted by atomic mass is 19.2. The molecule has 0 spiro atoms. The van der Waals surface area contributed by atoms with E-state index in [4.69, 9.17) is 0 Å². The van der Waals surface area contributed by atoms with Gasteiger partial charge in [0.05, 0.1) is 12.2 Å². The van der Waals surface area contributed by atoms with Gasteiger partial charge in [-0.15, -0.1) is 0 Å². The Kier molecular flexibility index (Phi) is 4.58. The van der Waals surface area contributed by atoms with Crippen molar-refractivity contribution in [2.45, 2.75) is 19.9 Å². The van der Waals surface area contributed by atoms with Crippen LogP contribution in [0.3, 0.4) is 0 Å². The summed E-state index contributed by atoms with van der Waals surface area (Å²) in [4.78, 5) is 13.1. The summed E-state index contributed by atoms with van der Waals surface area (Å²) in [6, 6.07) is 1.14. The van der Waals surface area contributed by atoms with Gasteiger partial charge in [0.15, 0.2) is 11.6 Å². The highest BCUT2D eigenvalue weighted by molar-refractivity contribution is 5.80. The number of anilines is 1. The van der Waals surface area contributed by atoms with Gasteiger partial charge in [0.1, 0.15) is 5.82 Å². The molecule has 18 heavy (non-hydrogen) atoms. The lowest BCUT2D eigenvalue weighted by Gasteiger charge is -2.21. The van der Waals surface area contributed by atoms with Crippen LogP contribution in [0.15, 0.2) is 12.1 Å². The normalized spacial score (nSPS) is 10.6. The van der Waals surface area contributed by atoms with Gasteiger partial charge in [-0.1, -0.05) is 0 Å². The third-order valence-electron chi connectivity index (χ3n) is 2.61. The maximum Gasteiger partial charge on any atom is 0.241 e. The molecule has 0 aromatic heterocycles. The highest BCUT2D eigenvalue weighted by Crippen LogP contribution is 2.18. The third kappa shape index (κ3) is 3.38. The summed E-state index contributed by atoms with van der Waals surface area (Å²) in [6.45, 7) is 3.47. The third-order valence-corrected chi connectivity index (χ3v) is 2.61. The Hall–Kier alpha value is -1.72. The number of hydrogen-bond donors (Lipinski definition) is 1. The molecule has 100 valence electrons. The van der Waals surface area contributed by atoms with E-state index in [1.807, 2.05) is 13.8 Å². The fraction of sp³-hybridized carbons (Fsp3) is 0.417. The average molecular weight is 260 g/mol. The Morgan fingerprint density at radius 3 is 2.33 bits per heavy atom. The van der Waals surface area contributed by atoms with Crippen molar-refractivity contribution >= 4 is 11.6 Å². The number of likely N-dealkylation sites (N-methyl/N-ethyl adjacent to an activating group) is 1. The van der Waals surface area contributed by atoms with Crippen molar-refractivity contribution in [3.8, 4) is 0 Å². The fourth-order valence-electron chi connectivity index (χ4n) is 1.24. The SMILES string of the molecule is CC(C)N(C)C(=O)CNc1cc(F)c(F)cc1F. The van der Waals surface area contributed by atoms with E-state index in [0.29, 0.717) is 12.1 Å². The topological polar surface area (TPSA) is 32.3 Å². The number of hydrogen-bond acceptors (Lipinski definition) is 2. The number of nitrogens with zero attached hydrogens (tertiary/aromatic N) is 1. The summed E-state index contributed by atoms with van der Waals surface area (Å²) < 4.78 is 38.8. The summed E-state index contributed by atoms with van der Waals surface area (Å²) in [5.41, 5.74) is -0.237. The minimum Gasteiger partial charge on any atom is -0.374 e. The molecule has 0 saturated carbocycles. The van der Waals surface area contributed by atoms with E-state index in [-0.39, 0.29) is 24.2 Å². The summed E-state index contributed by atoms with van der Waals surface area (Å²) in [7, 11) is 1.61. The Labute approximate surface area is 104 Å². The molecule has 1 amide bonds. The van der Waals surface area contributed by atoms with Gasteiger partial charge >= 0.3 is 0 Å². The van der Waals surface area contributed by atoms with Gasteiger partial charge < -0.3 is 10.2 Å². The van der Waals surface area contributed by atoms with Crippen LogP contribution in [0.5, 0.6) is 0 Å². The van der Waals surface area contributed by atoms with Gasteiger partial charge in [0.25, 0.3) is 0 Å². The van der Waals surface area contributed by atoms with Crippen LogP contribution in [0, 0.1) is 17.5 Å². The maximum atomic E-state index is 13.2. The van der Waals surface area contributed by atoms with Crippen LogP contribution in [-0.4, -0.2) is 30.4 Å². The molecule has 3 nitrogen and oxygen atoms in total. The van der Waals surface area contributed by atoms with Gasteiger partial charge in [-0.25, -0.2) is 13.2 Å². The maximum absolute atomic E-state index is 13.2. The lowest BCUT2D eigenvalue weighted by atomic mass is 10.2. The smallest absolute Gasteiger partial charge is 0.241 e. The quantitative estimate of drug-likeness (QED) is 0.843. The second-order valence-electron chi connectivity index (χ2n) is 4.20. The second-order valence-corrected chi connectivity index (χ2v) is 4.20. The molecule has 0 bridgehead atoms. The van der Waals surface area contributed by atoms with Gasteiger partial charge in [0, 0.05) is 25.2 Å². The van der Waals surface area contributed by atoms with Crippen LogP contribution in [0.2, 0.25) is 0 Å². The number of carbonyl (C=O) groups is 1. The standard InChI is InChI=1S/C12H15F3N2O/c1-7(2)17(3)12(18)6-16-11-5-9(14)8(13)4-10(11)15/h4-5,7,16H,6H2,1-3H3. The summed E-state index contributed by atoms with van der Waals surface area (Å²) in [6.07, 6.45) is 0. The van der Waals surface area contributed by atoms with Crippen molar-refractivity contribution < 1.29 is 18.0 Å². The predicted molar refractivity (Wildman–Crippen MR) is 62.7 cm³/mol. The Bertz CT molecular complexity index is 449. The molecule has 1 N–H and O–H groups in total. The number of halogens is 3. The summed E-state index contributed by atoms with van der Waals surface area (Å²) in [5.74, 6) is -3.63. The average Bonchev–Trinajstić information content (AvgIpc) is 2.30. The molecule has 0 unspecified atom stereocenters. The van der Waals surface area contributed by atoms with Crippen LogP contribution in [0.1, 0.15) is 13.8 Å². The molecule has 0 aliphatic carbocycles. The molecular weight excluding hydrogens is 245 g/mol. The summed E-state index contributed by atoms with van der Waals surface area (Å²) in [5, 5.41) is 2.44. The van der Waals surface area contributed by atoms with E-state index in [9.17, 15) is 18.0 Å². The molecule has 0 radical (unpaired) electrons. The first-order valence-electron chi connectivity index (χ1n) is 5.47. The molecule has 0 heterocycles. The first-order valence-corrected chi connectivity index (χ1v) is 5.47. The second kappa shape index (κ2) is 5.75. The Morgan fingerprint density at radius 2 is 1.78 bits per heavy atom. The van der Waals surface area contributed by atoms with E-state index in [1.54, 1.807) is 7.05 Å². The van der Waals surface area contributed by atoms with Gasteiger partial charge in [-0.05, 0) is 13.8 Å². The van der Waals surface area contributed by atoms with Crippen LogP contribution in [0.25, 0.3) is 0 Å². The zero-order valence-corrected chi connectivity index (χ0v) is 10.4. The number of carbonyl (C=O) groups excluding carboxylic acids is 1. The molecular formula is C12H15F3N2O. The Morgan fingerprint density at radius 1 is 1.22 bits per heavy atom. The number of rotatable bonds is 4. The van der Waals surface area contributed by atoms with Crippen molar-refractivity contribution in [3.05, 3.63) is 29.6 Å². The van der Waals surface area contributed by atoms with Crippen LogP contribution >= 0.6 is 0 Å². The molecule has 0 atom stereocenters. The number of amides is 1. The van der Waals surface area contributed by atoms with Gasteiger partial charge in [0.2, 0.25) is 5.91 Å². The van der Waals surface area contributed by atoms with Crippen LogP contribution in [0.4, 0.5) is 18.9 Å². The molecule has 0 aliphatic rings. The van der Waals surface area contributed by atoms with Crippen molar-refractivity contribution in [2.24, 2.45) is 0 Å². The van der Waals surface area contributed by atoms with E-state index < -0.39 is 17.5 Å². The molecule has 0 fully saturated rings. The molecule has 0 aliphatic heterocycles. The van der Waals surface area contributed by atoms with E-state index in [2.05, 4.69) is 5.32 Å². The molecule has 6 heteroatoms. The van der Waals surface area contributed by atoms with Crippen molar-refractivity contribution in [1.82, 2.24) is 4.90 Å². The van der Waals surface area contributed by atoms with E-state index in [0.717, 1.165) is 0 Å². The van der Waals surface area contributed by atoms with Gasteiger partial charge in [-0.2, -0.15) is 0 Å². The van der Waals surface area contributed by atoms with E-state index >= 15 is 0 Å². The van der Waals surface area contributed by atoms with Crippen LogP contribution in [-0.2, 0) is 4.79 Å². The summed E-state index contributed by atoms with van der Waals surface area (Å²) >= 11 is 0. The first kappa shape index (κ1) is 14.3. The number of nitrogens with one attached hydrogen (secondary N) is 1. The lowest BCUT2D eigenvalue weighted by Crippen LogP contribution is -2.37. The molecule has 1 aromatic carbocycles. The monoisotopic (exact) mass is 260 g/mol. The first-order chi connectivity index (χ1) is 8.32. The van der Waals surface area contributed by atoms with Crippen molar-refractivity contribution in [1.29, 1.82) is 0 Å². The van der Waals surface area contributed by atoms with Crippen LogP contribution < -0.4 is 5.32 Å². The molecule has 1 aromatic rings. The minimum atomic E-state index is -1.26. The zero-order chi connectivity index (χ0) is 13.9. The lowest BCUT2D eigenvalue weighted by molar-refractivity contribution is -0.129. The largest absolute Gasteiger partial charge is 0.374 e. The highest BCUT2D eigenvalue weighted by Gasteiger charge is 2.14. The number of benzene rings is 1. The minimum absolute atomic E-state index is 0.00843. The molecule has 0 saturated heterocycles. The van der Waals surface area contributed by atoms with Crippen molar-refractivity contribution in [3.63, 3.8) is 0 Å². The zero-order valence-electron chi connectivity index (χ0n) is 10.4. The predicted octanol–water partition coefficient (Wildman–Crippen LogP) is 2.38. The fourth-order valence-corrected chi connectivity index (χ4v) is 1.24. The van der Waals surface area contributed by atoms with E-state index in [1.165, 1.54) is 4.90 Å². The Balaban J connectivity index is 2.70.